The molecule has 0 heterocycles. The molecule has 0 atom stereocenters. The maximum Gasteiger partial charge on any atom is 0.128 e. The molecule has 1 N–H and O–H groups in total. The van der Waals surface area contributed by atoms with E-state index in [1.807, 2.05) is 38.1 Å². The minimum absolute atomic E-state index is 0.804. The number of halogens is 1. The van der Waals surface area contributed by atoms with Crippen LogP contribution < -0.4 is 10.1 Å². The summed E-state index contributed by atoms with van der Waals surface area (Å²) in [5.41, 5.74) is 3.28. The molecule has 0 aromatic heterocycles. The van der Waals surface area contributed by atoms with E-state index in [0.717, 1.165) is 40.7 Å². The van der Waals surface area contributed by atoms with Crippen LogP contribution in [-0.4, -0.2) is 6.54 Å². The molecule has 2 nitrogen and oxygen atoms in total. The van der Waals surface area contributed by atoms with Gasteiger partial charge in [0.2, 0.25) is 0 Å². The lowest BCUT2D eigenvalue weighted by Crippen LogP contribution is -2.11. The normalized spacial score (nSPS) is 10.6. The first kappa shape index (κ1) is 14.9. The molecule has 3 heteroatoms. The van der Waals surface area contributed by atoms with E-state index in [9.17, 15) is 0 Å². The fraction of sp³-hybridized carbons (Fsp3) is 0.294. The predicted octanol–water partition coefficient (Wildman–Crippen LogP) is 4.86. The molecule has 0 aliphatic carbocycles. The van der Waals surface area contributed by atoms with Crippen molar-refractivity contribution in [3.63, 3.8) is 0 Å². The Morgan fingerprint density at radius 3 is 2.40 bits per heavy atom. The Labute approximate surface area is 125 Å². The van der Waals surface area contributed by atoms with Gasteiger partial charge in [0.05, 0.1) is 0 Å². The summed E-state index contributed by atoms with van der Waals surface area (Å²) < 4.78 is 5.93. The molecule has 0 radical (unpaired) electrons. The molecule has 2 aromatic rings. The van der Waals surface area contributed by atoms with Crippen LogP contribution in [0, 0.1) is 13.8 Å². The van der Waals surface area contributed by atoms with E-state index in [1.165, 1.54) is 5.56 Å². The van der Waals surface area contributed by atoms with Crippen LogP contribution in [0.1, 0.15) is 23.6 Å². The molecule has 0 amide bonds. The highest BCUT2D eigenvalue weighted by Crippen LogP contribution is 2.29. The van der Waals surface area contributed by atoms with Crippen molar-refractivity contribution in [3.05, 3.63) is 58.1 Å². The molecule has 0 fully saturated rings. The van der Waals surface area contributed by atoms with Crippen molar-refractivity contribution < 1.29 is 4.74 Å². The molecule has 2 aromatic carbocycles. The highest BCUT2D eigenvalue weighted by molar-refractivity contribution is 6.32. The summed E-state index contributed by atoms with van der Waals surface area (Å²) in [6.07, 6.45) is 0. The highest BCUT2D eigenvalue weighted by atomic mass is 35.5. The zero-order valence-corrected chi connectivity index (χ0v) is 12.9. The van der Waals surface area contributed by atoms with E-state index in [1.54, 1.807) is 0 Å². The molecule has 0 spiro atoms. The average Bonchev–Trinajstić information content (AvgIpc) is 2.43. The SMILES string of the molecule is CCNCc1cccc(Oc2cc(C)c(Cl)c(C)c2)c1. The first-order valence-corrected chi connectivity index (χ1v) is 7.22. The van der Waals surface area contributed by atoms with Crippen molar-refractivity contribution in [1.82, 2.24) is 5.32 Å². The van der Waals surface area contributed by atoms with Crippen molar-refractivity contribution >= 4 is 11.6 Å². The Bertz CT molecular complexity index is 572. The second-order valence-corrected chi connectivity index (χ2v) is 5.28. The Kier molecular flexibility index (Phi) is 5.05. The summed E-state index contributed by atoms with van der Waals surface area (Å²) in [7, 11) is 0. The van der Waals surface area contributed by atoms with Gasteiger partial charge in [0.1, 0.15) is 11.5 Å². The molecule has 0 unspecified atom stereocenters. The molecule has 0 aliphatic heterocycles. The third-order valence-corrected chi connectivity index (χ3v) is 3.72. The minimum atomic E-state index is 0.804. The van der Waals surface area contributed by atoms with E-state index in [4.69, 9.17) is 16.3 Å². The quantitative estimate of drug-likeness (QED) is 0.849. The summed E-state index contributed by atoms with van der Waals surface area (Å²) in [5.74, 6) is 1.67. The summed E-state index contributed by atoms with van der Waals surface area (Å²) in [5, 5.41) is 4.11. The van der Waals surface area contributed by atoms with Crippen LogP contribution in [-0.2, 0) is 6.54 Å². The summed E-state index contributed by atoms with van der Waals surface area (Å²) in [6.45, 7) is 7.89. The maximum absolute atomic E-state index is 6.17. The molecule has 0 bridgehead atoms. The van der Waals surface area contributed by atoms with Crippen molar-refractivity contribution in [1.29, 1.82) is 0 Å². The third-order valence-electron chi connectivity index (χ3n) is 3.12. The van der Waals surface area contributed by atoms with Crippen LogP contribution in [0.15, 0.2) is 36.4 Å². The third kappa shape index (κ3) is 3.75. The summed E-state index contributed by atoms with van der Waals surface area (Å²) in [4.78, 5) is 0. The Balaban J connectivity index is 2.17. The number of hydrogen-bond acceptors (Lipinski definition) is 2. The largest absolute Gasteiger partial charge is 0.457 e. The maximum atomic E-state index is 6.17. The van der Waals surface area contributed by atoms with Crippen LogP contribution in [0.2, 0.25) is 5.02 Å². The van der Waals surface area contributed by atoms with Crippen molar-refractivity contribution in [3.8, 4) is 11.5 Å². The van der Waals surface area contributed by atoms with Gasteiger partial charge in [-0.1, -0.05) is 30.7 Å². The second kappa shape index (κ2) is 6.78. The molecule has 106 valence electrons. The van der Waals surface area contributed by atoms with E-state index < -0.39 is 0 Å². The lowest BCUT2D eigenvalue weighted by Gasteiger charge is -2.11. The lowest BCUT2D eigenvalue weighted by molar-refractivity contribution is 0.481. The van der Waals surface area contributed by atoms with E-state index in [0.29, 0.717) is 0 Å². The van der Waals surface area contributed by atoms with Crippen molar-refractivity contribution in [2.45, 2.75) is 27.3 Å². The van der Waals surface area contributed by atoms with Gasteiger partial charge in [-0.3, -0.25) is 0 Å². The molecule has 0 saturated heterocycles. The van der Waals surface area contributed by atoms with Gasteiger partial charge in [-0.2, -0.15) is 0 Å². The number of ether oxygens (including phenoxy) is 1. The zero-order valence-electron chi connectivity index (χ0n) is 12.2. The highest BCUT2D eigenvalue weighted by Gasteiger charge is 2.05. The van der Waals surface area contributed by atoms with Gasteiger partial charge >= 0.3 is 0 Å². The summed E-state index contributed by atoms with van der Waals surface area (Å²) >= 11 is 6.17. The van der Waals surface area contributed by atoms with Gasteiger partial charge in [0, 0.05) is 11.6 Å². The smallest absolute Gasteiger partial charge is 0.128 e. The Hall–Kier alpha value is -1.51. The molecule has 0 aliphatic rings. The standard InChI is InChI=1S/C17H20ClNO/c1-4-19-11-14-6-5-7-15(10-14)20-16-8-12(2)17(18)13(3)9-16/h5-10,19H,4,11H2,1-3H3. The van der Waals surface area contributed by atoms with Gasteiger partial charge < -0.3 is 10.1 Å². The van der Waals surface area contributed by atoms with Crippen LogP contribution in [0.5, 0.6) is 11.5 Å². The average molecular weight is 290 g/mol. The topological polar surface area (TPSA) is 21.3 Å². The van der Waals surface area contributed by atoms with Gasteiger partial charge in [0.25, 0.3) is 0 Å². The van der Waals surface area contributed by atoms with Gasteiger partial charge in [-0.15, -0.1) is 0 Å². The minimum Gasteiger partial charge on any atom is -0.457 e. The molecular weight excluding hydrogens is 270 g/mol. The Morgan fingerprint density at radius 1 is 1.05 bits per heavy atom. The molecule has 2 rings (SSSR count). The Morgan fingerprint density at radius 2 is 1.75 bits per heavy atom. The molecular formula is C17H20ClNO. The lowest BCUT2D eigenvalue weighted by atomic mass is 10.1. The summed E-state index contributed by atoms with van der Waals surface area (Å²) in [6, 6.07) is 12.1. The number of hydrogen-bond donors (Lipinski definition) is 1. The van der Waals surface area contributed by atoms with Crippen LogP contribution >= 0.6 is 11.6 Å². The van der Waals surface area contributed by atoms with Crippen LogP contribution in [0.4, 0.5) is 0 Å². The van der Waals surface area contributed by atoms with Crippen molar-refractivity contribution in [2.75, 3.05) is 6.54 Å². The fourth-order valence-electron chi connectivity index (χ4n) is 2.09. The zero-order chi connectivity index (χ0) is 14.5. The molecule has 20 heavy (non-hydrogen) atoms. The van der Waals surface area contributed by atoms with E-state index in [-0.39, 0.29) is 0 Å². The monoisotopic (exact) mass is 289 g/mol. The van der Waals surface area contributed by atoms with Crippen LogP contribution in [0.3, 0.4) is 0 Å². The van der Waals surface area contributed by atoms with E-state index in [2.05, 4.69) is 24.4 Å². The van der Waals surface area contributed by atoms with Gasteiger partial charge in [-0.25, -0.2) is 0 Å². The molecule has 0 saturated carbocycles. The second-order valence-electron chi connectivity index (χ2n) is 4.90. The fourth-order valence-corrected chi connectivity index (χ4v) is 2.20. The first-order chi connectivity index (χ1) is 9.60. The predicted molar refractivity (Wildman–Crippen MR) is 84.8 cm³/mol. The first-order valence-electron chi connectivity index (χ1n) is 6.84. The number of rotatable bonds is 5. The number of nitrogens with one attached hydrogen (secondary N) is 1. The van der Waals surface area contributed by atoms with Crippen LogP contribution in [0.25, 0.3) is 0 Å². The van der Waals surface area contributed by atoms with Gasteiger partial charge in [-0.05, 0) is 61.3 Å². The van der Waals surface area contributed by atoms with Crippen molar-refractivity contribution in [2.24, 2.45) is 0 Å². The number of benzene rings is 2. The van der Waals surface area contributed by atoms with Gasteiger partial charge in [0.15, 0.2) is 0 Å². The van der Waals surface area contributed by atoms with E-state index >= 15 is 0 Å². The number of aryl methyl sites for hydroxylation is 2.